The van der Waals surface area contributed by atoms with E-state index in [-0.39, 0.29) is 55.7 Å². The number of pyridine rings is 1. The van der Waals surface area contributed by atoms with Crippen molar-refractivity contribution in [2.45, 2.75) is 99.5 Å². The number of rotatable bonds is 9. The standard InChI is InChI=1S/C35H43F2N5O10S/c1-4-26-28(39-33(46)47)31(44)42-17-22(52-30-23-15-24(37)27(50-3)13-20(23)9-12-38-30)14-25(42)29(43)40-35(16-21(35)8-6-5-7-19(2)51-26)32(45)41-53(48,49)34(18-36)10-11-34/h6,8-9,12-13,15,19,21-22,25-26,28,39H,4-5,7,10-11,14,16-18H2,1-3H3,(H,40,43)(H,41,45)(H,46,47)/t19-,21-,22-,25+,26+,28+,35-/m1/s1. The predicted octanol–water partition coefficient (Wildman–Crippen LogP) is 2.72. The fraction of sp³-hybridized carbons (Fsp3) is 0.571. The number of fused-ring (bicyclic) bond motifs is 3. The van der Waals surface area contributed by atoms with E-state index in [0.29, 0.717) is 18.2 Å². The van der Waals surface area contributed by atoms with Crippen molar-refractivity contribution < 1.29 is 55.7 Å². The van der Waals surface area contributed by atoms with E-state index in [9.17, 15) is 41.5 Å². The van der Waals surface area contributed by atoms with E-state index in [4.69, 9.17) is 14.2 Å². The highest BCUT2D eigenvalue weighted by atomic mass is 32.2. The summed E-state index contributed by atoms with van der Waals surface area (Å²) in [4.78, 5) is 59.9. The summed E-state index contributed by atoms with van der Waals surface area (Å²) in [5, 5.41) is 15.6. The van der Waals surface area contributed by atoms with Crippen LogP contribution >= 0.6 is 0 Å². The van der Waals surface area contributed by atoms with Crippen LogP contribution in [0.2, 0.25) is 0 Å². The number of allylic oxidation sites excluding steroid dienone is 1. The molecule has 15 nitrogen and oxygen atoms in total. The van der Waals surface area contributed by atoms with Gasteiger partial charge >= 0.3 is 6.09 Å². The Morgan fingerprint density at radius 3 is 2.66 bits per heavy atom. The van der Waals surface area contributed by atoms with Gasteiger partial charge in [-0.1, -0.05) is 19.1 Å². The van der Waals surface area contributed by atoms with Crippen molar-refractivity contribution in [2.24, 2.45) is 5.92 Å². The van der Waals surface area contributed by atoms with Gasteiger partial charge in [-0.05, 0) is 69.0 Å². The number of carbonyl (C=O) groups is 4. The molecule has 4 aliphatic rings. The van der Waals surface area contributed by atoms with Crippen LogP contribution in [0.1, 0.15) is 58.8 Å². The van der Waals surface area contributed by atoms with Crippen molar-refractivity contribution in [3.8, 4) is 11.6 Å². The van der Waals surface area contributed by atoms with Crippen LogP contribution in [-0.4, -0.2) is 108 Å². The number of carboxylic acid groups (broad SMARTS) is 1. The van der Waals surface area contributed by atoms with Gasteiger partial charge in [-0.15, -0.1) is 0 Å². The number of nitrogens with zero attached hydrogens (tertiary/aromatic N) is 2. The zero-order valence-electron chi connectivity index (χ0n) is 29.5. The number of hydrogen-bond donors (Lipinski definition) is 4. The first-order valence-corrected chi connectivity index (χ1v) is 19.0. The molecule has 1 aromatic carbocycles. The highest BCUT2D eigenvalue weighted by Gasteiger charge is 2.64. The molecule has 6 rings (SSSR count). The summed E-state index contributed by atoms with van der Waals surface area (Å²) < 4.78 is 72.5. The Morgan fingerprint density at radius 2 is 2.00 bits per heavy atom. The fourth-order valence-electron chi connectivity index (χ4n) is 7.14. The van der Waals surface area contributed by atoms with Gasteiger partial charge in [0.2, 0.25) is 27.7 Å². The lowest BCUT2D eigenvalue weighted by Crippen LogP contribution is -2.60. The van der Waals surface area contributed by atoms with Crippen LogP contribution in [0, 0.1) is 11.7 Å². The second kappa shape index (κ2) is 14.7. The number of alkyl halides is 1. The molecule has 2 aliphatic heterocycles. The molecule has 0 spiro atoms. The van der Waals surface area contributed by atoms with Gasteiger partial charge in [0.05, 0.1) is 25.9 Å². The predicted molar refractivity (Wildman–Crippen MR) is 185 cm³/mol. The molecule has 1 aromatic heterocycles. The fourth-order valence-corrected chi connectivity index (χ4v) is 8.57. The lowest BCUT2D eigenvalue weighted by molar-refractivity contribution is -0.145. The van der Waals surface area contributed by atoms with Crippen molar-refractivity contribution >= 4 is 44.6 Å². The first-order valence-electron chi connectivity index (χ1n) is 17.5. The highest BCUT2D eigenvalue weighted by Crippen LogP contribution is 2.48. The number of ether oxygens (including phenoxy) is 3. The third-order valence-electron chi connectivity index (χ3n) is 10.6. The number of aromatic nitrogens is 1. The summed E-state index contributed by atoms with van der Waals surface area (Å²) >= 11 is 0. The van der Waals surface area contributed by atoms with Crippen LogP contribution in [-0.2, 0) is 29.1 Å². The Labute approximate surface area is 304 Å². The average molecular weight is 764 g/mol. The molecule has 0 bridgehead atoms. The van der Waals surface area contributed by atoms with Gasteiger partial charge in [0.25, 0.3) is 5.91 Å². The monoisotopic (exact) mass is 763 g/mol. The number of halogens is 2. The van der Waals surface area contributed by atoms with Crippen LogP contribution in [0.5, 0.6) is 11.6 Å². The Morgan fingerprint density at radius 1 is 1.25 bits per heavy atom. The number of methoxy groups -OCH3 is 1. The molecule has 18 heteroatoms. The van der Waals surface area contributed by atoms with Gasteiger partial charge in [0.15, 0.2) is 11.6 Å². The smallest absolute Gasteiger partial charge is 0.405 e. The minimum Gasteiger partial charge on any atom is -0.494 e. The Bertz CT molecular complexity index is 1930. The number of amides is 4. The van der Waals surface area contributed by atoms with E-state index < -0.39 is 92.9 Å². The summed E-state index contributed by atoms with van der Waals surface area (Å²) in [5.74, 6) is -3.95. The van der Waals surface area contributed by atoms with Crippen molar-refractivity contribution in [2.75, 3.05) is 20.3 Å². The zero-order valence-corrected chi connectivity index (χ0v) is 30.3. The maximum Gasteiger partial charge on any atom is 0.405 e. The van der Waals surface area contributed by atoms with Crippen LogP contribution in [0.15, 0.2) is 36.5 Å². The van der Waals surface area contributed by atoms with Gasteiger partial charge in [-0.2, -0.15) is 0 Å². The van der Waals surface area contributed by atoms with E-state index in [1.165, 1.54) is 25.4 Å². The lowest BCUT2D eigenvalue weighted by Gasteiger charge is -2.33. The quantitative estimate of drug-likeness (QED) is 0.274. The van der Waals surface area contributed by atoms with Crippen LogP contribution in [0.3, 0.4) is 0 Å². The molecular weight excluding hydrogens is 720 g/mol. The second-order valence-electron chi connectivity index (χ2n) is 14.2. The molecule has 1 saturated heterocycles. The molecule has 3 heterocycles. The number of benzene rings is 1. The SMILES string of the molecule is CC[C@@H]1O[C@H](C)CCC=C[C@@H]2C[C@@]2(C(=O)NS(=O)(=O)C2(CF)CC2)NC(=O)[C@@H]2C[C@@H](Oc3nccc4cc(OC)c(F)cc34)CN2C(=O)[C@H]1NC(=O)O. The van der Waals surface area contributed by atoms with Crippen molar-refractivity contribution in [1.29, 1.82) is 0 Å². The van der Waals surface area contributed by atoms with Crippen LogP contribution in [0.25, 0.3) is 10.8 Å². The van der Waals surface area contributed by atoms with Gasteiger partial charge < -0.3 is 34.9 Å². The maximum absolute atomic E-state index is 14.8. The largest absolute Gasteiger partial charge is 0.494 e. The Balaban J connectivity index is 1.35. The number of hydrogen-bond acceptors (Lipinski definition) is 10. The molecule has 2 saturated carbocycles. The second-order valence-corrected chi connectivity index (χ2v) is 16.2. The summed E-state index contributed by atoms with van der Waals surface area (Å²) in [7, 11) is -3.10. The van der Waals surface area contributed by atoms with Gasteiger partial charge in [-0.25, -0.2) is 27.0 Å². The molecule has 4 amide bonds. The van der Waals surface area contributed by atoms with E-state index in [2.05, 4.69) is 15.6 Å². The molecule has 53 heavy (non-hydrogen) atoms. The Kier molecular flexibility index (Phi) is 10.6. The summed E-state index contributed by atoms with van der Waals surface area (Å²) in [5.41, 5.74) is -1.73. The van der Waals surface area contributed by atoms with Gasteiger partial charge in [0.1, 0.15) is 35.1 Å². The Hall–Kier alpha value is -4.58. The summed E-state index contributed by atoms with van der Waals surface area (Å²) in [6.07, 6.45) is 2.25. The van der Waals surface area contributed by atoms with Crippen molar-refractivity contribution in [3.05, 3.63) is 42.4 Å². The number of carbonyl (C=O) groups excluding carboxylic acids is 3. The molecule has 4 N–H and O–H groups in total. The minimum atomic E-state index is -4.43. The summed E-state index contributed by atoms with van der Waals surface area (Å²) in [6, 6.07) is 1.48. The zero-order chi connectivity index (χ0) is 38.3. The van der Waals surface area contributed by atoms with E-state index in [1.807, 2.05) is 4.72 Å². The molecule has 3 fully saturated rings. The lowest BCUT2D eigenvalue weighted by atomic mass is 10.0. The average Bonchev–Trinajstić information content (AvgIpc) is 4.02. The molecule has 2 aromatic rings. The highest BCUT2D eigenvalue weighted by molar-refractivity contribution is 7.91. The minimum absolute atomic E-state index is 0.00124. The number of sulfonamides is 1. The molecule has 288 valence electrons. The topological polar surface area (TPSA) is 203 Å². The maximum atomic E-state index is 14.8. The normalized spacial score (nSPS) is 29.9. The van der Waals surface area contributed by atoms with Crippen LogP contribution < -0.4 is 24.8 Å². The van der Waals surface area contributed by atoms with Gasteiger partial charge in [0, 0.05) is 23.9 Å². The third-order valence-corrected chi connectivity index (χ3v) is 12.7. The molecule has 0 radical (unpaired) electrons. The van der Waals surface area contributed by atoms with E-state index in [0.717, 1.165) is 4.90 Å². The van der Waals surface area contributed by atoms with E-state index >= 15 is 0 Å². The number of nitrogens with one attached hydrogen (secondary N) is 3. The summed E-state index contributed by atoms with van der Waals surface area (Å²) in [6.45, 7) is 2.09. The third kappa shape index (κ3) is 7.47. The van der Waals surface area contributed by atoms with Crippen molar-refractivity contribution in [3.63, 3.8) is 0 Å². The molecule has 0 unspecified atom stereocenters. The molecule has 2 aliphatic carbocycles. The van der Waals surface area contributed by atoms with Crippen LogP contribution in [0.4, 0.5) is 13.6 Å². The first-order chi connectivity index (χ1) is 25.2. The van der Waals surface area contributed by atoms with Crippen molar-refractivity contribution in [1.82, 2.24) is 25.2 Å². The first kappa shape index (κ1) is 38.2. The molecular formula is C35H43F2N5O10S. The molecule has 7 atom stereocenters. The van der Waals surface area contributed by atoms with Gasteiger partial charge in [-0.3, -0.25) is 19.1 Å². The van der Waals surface area contributed by atoms with E-state index in [1.54, 1.807) is 32.1 Å².